The van der Waals surface area contributed by atoms with Crippen LogP contribution in [0.3, 0.4) is 0 Å². The van der Waals surface area contributed by atoms with Gasteiger partial charge in [0.05, 0.1) is 0 Å². The first-order valence-electron chi connectivity index (χ1n) is 3.67. The van der Waals surface area contributed by atoms with Crippen LogP contribution in [-0.2, 0) is 0 Å². The van der Waals surface area contributed by atoms with Crippen LogP contribution in [0.4, 0.5) is 0 Å². The quantitative estimate of drug-likeness (QED) is 0.379. The van der Waals surface area contributed by atoms with Crippen LogP contribution in [0.1, 0.15) is 20.8 Å². The van der Waals surface area contributed by atoms with E-state index in [0.29, 0.717) is 7.92 Å². The van der Waals surface area contributed by atoms with Crippen LogP contribution in [0.25, 0.3) is 0 Å². The summed E-state index contributed by atoms with van der Waals surface area (Å²) in [5.41, 5.74) is 0. The van der Waals surface area contributed by atoms with E-state index in [1.54, 1.807) is 0 Å². The average molecular weight is 204 g/mol. The Balaban J connectivity index is -0.0000000569. The van der Waals surface area contributed by atoms with Crippen LogP contribution in [0.15, 0.2) is 0 Å². The Kier molecular flexibility index (Phi) is 44.3. The van der Waals surface area contributed by atoms with E-state index < -0.39 is 7.69 Å². The summed E-state index contributed by atoms with van der Waals surface area (Å²) in [5, 5.41) is 15.5. The molecule has 0 saturated carbocycles. The Morgan fingerprint density at radius 1 is 1.17 bits per heavy atom. The number of rotatable bonds is 3. The summed E-state index contributed by atoms with van der Waals surface area (Å²) in [7, 11) is -0.554. The molecule has 0 saturated heterocycles. The van der Waals surface area contributed by atoms with Crippen LogP contribution >= 0.6 is 7.92 Å². The molecule has 0 fully saturated rings. The summed E-state index contributed by atoms with van der Waals surface area (Å²) < 4.78 is 0. The van der Waals surface area contributed by atoms with Gasteiger partial charge in [-0.1, -0.05) is 20.8 Å². The van der Waals surface area contributed by atoms with E-state index in [0.717, 1.165) is 0 Å². The van der Waals surface area contributed by atoms with Gasteiger partial charge < -0.3 is 15.5 Å². The fourth-order valence-corrected chi connectivity index (χ4v) is 2.01. The minimum Gasteiger partial charge on any atom is -0.859 e. The van der Waals surface area contributed by atoms with Gasteiger partial charge in [-0.15, -0.1) is 7.92 Å². The first kappa shape index (κ1) is 23.3. The molecule has 0 aliphatic heterocycles. The molecule has 0 aromatic carbocycles. The fourth-order valence-electron chi connectivity index (χ4n) is 0.671. The molecule has 0 heterocycles. The van der Waals surface area contributed by atoms with E-state index in [4.69, 9.17) is 10.0 Å². The van der Waals surface area contributed by atoms with Gasteiger partial charge in [-0.3, -0.25) is 0 Å². The van der Waals surface area contributed by atoms with Crippen LogP contribution in [-0.4, -0.2) is 36.7 Å². The third-order valence-electron chi connectivity index (χ3n) is 1.34. The molecule has 0 aromatic rings. The monoisotopic (exact) mass is 204 g/mol. The SMILES string of the molecule is CCP(CC)CC.O.[Na+].[O-]BO. The average Bonchev–Trinajstić information content (AvgIpc) is 1.93. The molecule has 0 aromatic heterocycles. The van der Waals surface area contributed by atoms with Crippen molar-refractivity contribution in [2.45, 2.75) is 20.8 Å². The van der Waals surface area contributed by atoms with Gasteiger partial charge in [0.15, 0.2) is 7.69 Å². The summed E-state index contributed by atoms with van der Waals surface area (Å²) in [4.78, 5) is 0. The normalized spacial score (nSPS) is 7.17. The van der Waals surface area contributed by atoms with Gasteiger partial charge in [-0.25, -0.2) is 0 Å². The van der Waals surface area contributed by atoms with Crippen molar-refractivity contribution in [3.63, 3.8) is 0 Å². The minimum absolute atomic E-state index is 0. The van der Waals surface area contributed by atoms with Crippen LogP contribution in [0.5, 0.6) is 0 Å². The second kappa shape index (κ2) is 22.8. The maximum absolute atomic E-state index is 8.49. The zero-order valence-corrected chi connectivity index (χ0v) is 11.5. The predicted octanol–water partition coefficient (Wildman–Crippen LogP) is -3.69. The second-order valence-electron chi connectivity index (χ2n) is 1.75. The Hall–Kier alpha value is 1.37. The van der Waals surface area contributed by atoms with Crippen LogP contribution in [0, 0.1) is 0 Å². The van der Waals surface area contributed by atoms with Crippen molar-refractivity contribution in [1.82, 2.24) is 0 Å². The van der Waals surface area contributed by atoms with Crippen molar-refractivity contribution in [2.24, 2.45) is 0 Å². The van der Waals surface area contributed by atoms with Crippen LogP contribution in [0.2, 0.25) is 0 Å². The Labute approximate surface area is 99.6 Å². The standard InChI is InChI=1S/C6H15P.BH2O2.Na.H2O/c1-4-7(5-2)6-3;2-1-3;;/h4-6H2,1-3H3;1-2H;;1H2/q;-1;+1;. The van der Waals surface area contributed by atoms with E-state index in [1.807, 2.05) is 0 Å². The zero-order valence-electron chi connectivity index (χ0n) is 8.63. The van der Waals surface area contributed by atoms with E-state index >= 15 is 0 Å². The molecule has 3 nitrogen and oxygen atoms in total. The van der Waals surface area contributed by atoms with Crippen molar-refractivity contribution in [1.29, 1.82) is 0 Å². The summed E-state index contributed by atoms with van der Waals surface area (Å²) in [6, 6.07) is 0. The largest absolute Gasteiger partial charge is 1.00 e. The topological polar surface area (TPSA) is 74.8 Å². The zero-order chi connectivity index (χ0) is 8.41. The molecule has 70 valence electrons. The first-order valence-corrected chi connectivity index (χ1v) is 5.57. The van der Waals surface area contributed by atoms with Crippen LogP contribution < -0.4 is 34.6 Å². The van der Waals surface area contributed by atoms with Crippen molar-refractivity contribution in [3.05, 3.63) is 0 Å². The van der Waals surface area contributed by atoms with E-state index in [2.05, 4.69) is 20.8 Å². The Morgan fingerprint density at radius 3 is 1.33 bits per heavy atom. The third kappa shape index (κ3) is 22.5. The van der Waals surface area contributed by atoms with Gasteiger partial charge in [0.25, 0.3) is 0 Å². The van der Waals surface area contributed by atoms with E-state index in [9.17, 15) is 0 Å². The van der Waals surface area contributed by atoms with Gasteiger partial charge >= 0.3 is 29.6 Å². The van der Waals surface area contributed by atoms with Crippen molar-refractivity contribution in [3.8, 4) is 0 Å². The molecule has 6 heteroatoms. The van der Waals surface area contributed by atoms with Gasteiger partial charge in [0, 0.05) is 0 Å². The molecule has 12 heavy (non-hydrogen) atoms. The molecule has 0 aliphatic rings. The third-order valence-corrected chi connectivity index (χ3v) is 4.02. The first-order chi connectivity index (χ1) is 4.76. The Morgan fingerprint density at radius 2 is 1.33 bits per heavy atom. The van der Waals surface area contributed by atoms with Crippen molar-refractivity contribution < 1.29 is 45.1 Å². The molecular formula is C6H19BNaO3P. The summed E-state index contributed by atoms with van der Waals surface area (Å²) in [5.74, 6) is 0. The van der Waals surface area contributed by atoms with Crippen molar-refractivity contribution >= 4 is 15.6 Å². The minimum atomic E-state index is -1.00. The van der Waals surface area contributed by atoms with Gasteiger partial charge in [-0.05, 0) is 18.5 Å². The van der Waals surface area contributed by atoms with Gasteiger partial charge in [0.2, 0.25) is 0 Å². The Bertz CT molecular complexity index is 52.5. The number of hydrogen-bond acceptors (Lipinski definition) is 2. The molecule has 0 unspecified atom stereocenters. The van der Waals surface area contributed by atoms with Gasteiger partial charge in [0.1, 0.15) is 0 Å². The molecule has 0 rings (SSSR count). The molecule has 0 radical (unpaired) electrons. The van der Waals surface area contributed by atoms with E-state index in [1.165, 1.54) is 18.5 Å². The maximum Gasteiger partial charge on any atom is 1.00 e. The summed E-state index contributed by atoms with van der Waals surface area (Å²) in [6.45, 7) is 6.87. The van der Waals surface area contributed by atoms with E-state index in [-0.39, 0.29) is 35.0 Å². The van der Waals surface area contributed by atoms with Gasteiger partial charge in [-0.2, -0.15) is 0 Å². The fraction of sp³-hybridized carbons (Fsp3) is 1.00. The summed E-state index contributed by atoms with van der Waals surface area (Å²) >= 11 is 0. The molecular weight excluding hydrogens is 185 g/mol. The predicted molar refractivity (Wildman–Crippen MR) is 51.5 cm³/mol. The molecule has 0 aliphatic carbocycles. The number of hydrogen-bond donors (Lipinski definition) is 1. The second-order valence-corrected chi connectivity index (χ2v) is 4.99. The molecule has 0 atom stereocenters. The van der Waals surface area contributed by atoms with Crippen molar-refractivity contribution in [2.75, 3.05) is 18.5 Å². The molecule has 0 spiro atoms. The smallest absolute Gasteiger partial charge is 0.859 e. The summed E-state index contributed by atoms with van der Waals surface area (Å²) in [6.07, 6.45) is 4.26. The molecule has 3 N–H and O–H groups in total. The maximum atomic E-state index is 8.49. The molecule has 0 bridgehead atoms. The molecule has 0 amide bonds.